The predicted molar refractivity (Wildman–Crippen MR) is 102 cm³/mol. The lowest BCUT2D eigenvalue weighted by Crippen LogP contribution is -2.46. The first-order chi connectivity index (χ1) is 12.2. The molecule has 0 aliphatic carbocycles. The van der Waals surface area contributed by atoms with Crippen LogP contribution in [0.4, 0.5) is 0 Å². The number of piperazine rings is 1. The molecule has 1 aromatic carbocycles. The average Bonchev–Trinajstić information content (AvgIpc) is 2.64. The predicted octanol–water partition coefficient (Wildman–Crippen LogP) is 3.53. The first kappa shape index (κ1) is 17.9. The zero-order valence-electron chi connectivity index (χ0n) is 15.6. The number of hydrogen-bond donors (Lipinski definition) is 0. The van der Waals surface area contributed by atoms with E-state index in [1.54, 1.807) is 0 Å². The highest BCUT2D eigenvalue weighted by Crippen LogP contribution is 2.28. The van der Waals surface area contributed by atoms with E-state index < -0.39 is 0 Å². The molecule has 134 valence electrons. The lowest BCUT2D eigenvalue weighted by Gasteiger charge is -2.40. The normalized spacial score (nSPS) is 19.1. The summed E-state index contributed by atoms with van der Waals surface area (Å²) in [7, 11) is 2.24. The van der Waals surface area contributed by atoms with Gasteiger partial charge in [0.25, 0.3) is 0 Å². The van der Waals surface area contributed by atoms with E-state index in [4.69, 9.17) is 4.74 Å². The highest BCUT2D eigenvalue weighted by atomic mass is 16.5. The summed E-state index contributed by atoms with van der Waals surface area (Å²) in [5.41, 5.74) is 4.20. The lowest BCUT2D eigenvalue weighted by molar-refractivity contribution is 0.0899. The minimum atomic E-state index is 0.457. The third-order valence-electron chi connectivity index (χ3n) is 5.02. The first-order valence-electron chi connectivity index (χ1n) is 9.29. The Bertz CT molecular complexity index is 688. The van der Waals surface area contributed by atoms with Gasteiger partial charge in [-0.3, -0.25) is 9.80 Å². The number of aryl methyl sites for hydroxylation is 1. The van der Waals surface area contributed by atoms with E-state index in [1.807, 2.05) is 13.1 Å². The van der Waals surface area contributed by atoms with E-state index in [0.717, 1.165) is 38.5 Å². The zero-order chi connectivity index (χ0) is 17.6. The zero-order valence-corrected chi connectivity index (χ0v) is 15.6. The Hall–Kier alpha value is -1.91. The molecule has 2 aromatic rings. The number of hydrogen-bond acceptors (Lipinski definition) is 4. The number of likely N-dealkylation sites (N-methyl/N-ethyl adjacent to an activating group) is 1. The van der Waals surface area contributed by atoms with Crippen LogP contribution in [0.15, 0.2) is 42.6 Å². The molecule has 25 heavy (non-hydrogen) atoms. The van der Waals surface area contributed by atoms with Gasteiger partial charge in [0.1, 0.15) is 0 Å². The number of nitrogens with zero attached hydrogens (tertiary/aromatic N) is 3. The van der Waals surface area contributed by atoms with Crippen LogP contribution in [0.5, 0.6) is 5.88 Å². The van der Waals surface area contributed by atoms with Crippen molar-refractivity contribution in [3.05, 3.63) is 59.3 Å². The van der Waals surface area contributed by atoms with Gasteiger partial charge >= 0.3 is 0 Å². The number of rotatable bonds is 6. The smallest absolute Gasteiger partial charge is 0.213 e. The monoisotopic (exact) mass is 339 g/mol. The van der Waals surface area contributed by atoms with Gasteiger partial charge in [-0.05, 0) is 43.1 Å². The summed E-state index contributed by atoms with van der Waals surface area (Å²) < 4.78 is 5.54. The van der Waals surface area contributed by atoms with Crippen LogP contribution < -0.4 is 4.74 Å². The quantitative estimate of drug-likeness (QED) is 0.805. The SMILES string of the molecule is CCOc1cc(CN2CCN(C)C(c3ccccc3CC)C2)ccn1. The van der Waals surface area contributed by atoms with Gasteiger partial charge in [0, 0.05) is 44.5 Å². The van der Waals surface area contributed by atoms with Crippen LogP contribution in [0, 0.1) is 0 Å². The third kappa shape index (κ3) is 4.39. The Morgan fingerprint density at radius 1 is 1.16 bits per heavy atom. The third-order valence-corrected chi connectivity index (χ3v) is 5.02. The van der Waals surface area contributed by atoms with Crippen molar-refractivity contribution in [3.8, 4) is 5.88 Å². The van der Waals surface area contributed by atoms with Crippen molar-refractivity contribution in [1.29, 1.82) is 0 Å². The summed E-state index contributed by atoms with van der Waals surface area (Å²) in [6, 6.07) is 13.5. The molecule has 1 aromatic heterocycles. The number of benzene rings is 1. The Labute approximate surface area is 151 Å². The summed E-state index contributed by atoms with van der Waals surface area (Å²) in [5.74, 6) is 0.724. The maximum absolute atomic E-state index is 5.54. The number of ether oxygens (including phenoxy) is 1. The molecular weight excluding hydrogens is 310 g/mol. The van der Waals surface area contributed by atoms with Gasteiger partial charge in [-0.15, -0.1) is 0 Å². The molecule has 0 radical (unpaired) electrons. The van der Waals surface area contributed by atoms with E-state index >= 15 is 0 Å². The summed E-state index contributed by atoms with van der Waals surface area (Å²) >= 11 is 0. The van der Waals surface area contributed by atoms with E-state index in [0.29, 0.717) is 12.6 Å². The summed E-state index contributed by atoms with van der Waals surface area (Å²) in [5, 5.41) is 0. The Kier molecular flexibility index (Phi) is 6.05. The van der Waals surface area contributed by atoms with Crippen molar-refractivity contribution in [1.82, 2.24) is 14.8 Å². The molecule has 4 nitrogen and oxygen atoms in total. The summed E-state index contributed by atoms with van der Waals surface area (Å²) in [4.78, 5) is 9.30. The van der Waals surface area contributed by atoms with Gasteiger partial charge in [0.2, 0.25) is 5.88 Å². The first-order valence-corrected chi connectivity index (χ1v) is 9.29. The van der Waals surface area contributed by atoms with Crippen molar-refractivity contribution in [3.63, 3.8) is 0 Å². The van der Waals surface area contributed by atoms with Crippen LogP contribution in [-0.2, 0) is 13.0 Å². The standard InChI is InChI=1S/C21H29N3O/c1-4-18-8-6-7-9-19(18)20-16-24(13-12-23(20)3)15-17-10-11-22-21(14-17)25-5-2/h6-11,14,20H,4-5,12-13,15-16H2,1-3H3. The topological polar surface area (TPSA) is 28.6 Å². The summed E-state index contributed by atoms with van der Waals surface area (Å²) in [6.07, 6.45) is 2.93. The van der Waals surface area contributed by atoms with E-state index in [9.17, 15) is 0 Å². The van der Waals surface area contributed by atoms with Gasteiger partial charge in [0.15, 0.2) is 0 Å². The molecule has 0 saturated carbocycles. The highest BCUT2D eigenvalue weighted by molar-refractivity contribution is 5.31. The van der Waals surface area contributed by atoms with Gasteiger partial charge < -0.3 is 4.74 Å². The lowest BCUT2D eigenvalue weighted by atomic mass is 9.96. The van der Waals surface area contributed by atoms with Crippen LogP contribution in [0.2, 0.25) is 0 Å². The van der Waals surface area contributed by atoms with Crippen LogP contribution in [0.1, 0.15) is 36.6 Å². The molecule has 0 N–H and O–H groups in total. The molecule has 1 atom stereocenters. The number of pyridine rings is 1. The molecule has 1 unspecified atom stereocenters. The van der Waals surface area contributed by atoms with Gasteiger partial charge in [-0.2, -0.15) is 0 Å². The molecule has 1 aliphatic heterocycles. The molecular formula is C21H29N3O. The Morgan fingerprint density at radius 3 is 2.80 bits per heavy atom. The minimum absolute atomic E-state index is 0.457. The van der Waals surface area contributed by atoms with Gasteiger partial charge in [-0.25, -0.2) is 4.98 Å². The molecule has 1 fully saturated rings. The largest absolute Gasteiger partial charge is 0.478 e. The Morgan fingerprint density at radius 2 is 2.00 bits per heavy atom. The second-order valence-corrected chi connectivity index (χ2v) is 6.72. The van der Waals surface area contributed by atoms with Gasteiger partial charge in [0.05, 0.1) is 6.61 Å². The van der Waals surface area contributed by atoms with Crippen LogP contribution in [-0.4, -0.2) is 48.1 Å². The molecule has 1 aliphatic rings. The van der Waals surface area contributed by atoms with Gasteiger partial charge in [-0.1, -0.05) is 31.2 Å². The Balaban J connectivity index is 1.73. The molecule has 0 amide bonds. The van der Waals surface area contributed by atoms with E-state index in [1.165, 1.54) is 16.7 Å². The van der Waals surface area contributed by atoms with Crippen molar-refractivity contribution in [2.45, 2.75) is 32.9 Å². The molecule has 0 spiro atoms. The fraction of sp³-hybridized carbons (Fsp3) is 0.476. The van der Waals surface area contributed by atoms with Crippen molar-refractivity contribution >= 4 is 0 Å². The van der Waals surface area contributed by atoms with Crippen molar-refractivity contribution < 1.29 is 4.74 Å². The minimum Gasteiger partial charge on any atom is -0.478 e. The van der Waals surface area contributed by atoms with Crippen LogP contribution in [0.25, 0.3) is 0 Å². The molecule has 0 bridgehead atoms. The fourth-order valence-corrected chi connectivity index (χ4v) is 3.62. The van der Waals surface area contributed by atoms with Crippen molar-refractivity contribution in [2.24, 2.45) is 0 Å². The maximum atomic E-state index is 5.54. The highest BCUT2D eigenvalue weighted by Gasteiger charge is 2.26. The molecule has 2 heterocycles. The fourth-order valence-electron chi connectivity index (χ4n) is 3.62. The molecule has 1 saturated heterocycles. The van der Waals surface area contributed by atoms with Crippen LogP contribution >= 0.6 is 0 Å². The van der Waals surface area contributed by atoms with Crippen LogP contribution in [0.3, 0.4) is 0 Å². The maximum Gasteiger partial charge on any atom is 0.213 e. The second-order valence-electron chi connectivity index (χ2n) is 6.72. The number of aromatic nitrogens is 1. The van der Waals surface area contributed by atoms with E-state index in [2.05, 4.69) is 65.2 Å². The summed E-state index contributed by atoms with van der Waals surface area (Å²) in [6.45, 7) is 9.07. The van der Waals surface area contributed by atoms with Crippen molar-refractivity contribution in [2.75, 3.05) is 33.3 Å². The average molecular weight is 339 g/mol. The molecule has 4 heteroatoms. The second kappa shape index (κ2) is 8.45. The molecule has 3 rings (SSSR count). The van der Waals surface area contributed by atoms with E-state index in [-0.39, 0.29) is 0 Å².